The van der Waals surface area contributed by atoms with Gasteiger partial charge >= 0.3 is 0 Å². The van der Waals surface area contributed by atoms with E-state index in [-0.39, 0.29) is 5.79 Å². The van der Waals surface area contributed by atoms with E-state index in [0.717, 1.165) is 37.8 Å². The number of hydrogen-bond acceptors (Lipinski definition) is 3. The Morgan fingerprint density at radius 2 is 1.83 bits per heavy atom. The van der Waals surface area contributed by atoms with Crippen LogP contribution in [0.3, 0.4) is 0 Å². The highest BCUT2D eigenvalue weighted by molar-refractivity contribution is 4.89. The summed E-state index contributed by atoms with van der Waals surface area (Å²) in [5.74, 6) is 0.575. The Kier molecular flexibility index (Phi) is 5.94. The van der Waals surface area contributed by atoms with Gasteiger partial charge in [-0.05, 0) is 56.4 Å². The minimum absolute atomic E-state index is 0.238. The molecule has 2 atom stereocenters. The average Bonchev–Trinajstić information content (AvgIpc) is 2.95. The van der Waals surface area contributed by atoms with E-state index in [1.807, 2.05) is 0 Å². The maximum absolute atomic E-state index is 6.46. The molecule has 3 aliphatic rings. The summed E-state index contributed by atoms with van der Waals surface area (Å²) in [5.41, 5.74) is 0.420. The van der Waals surface area contributed by atoms with E-state index >= 15 is 0 Å². The number of likely N-dealkylation sites (tertiary alicyclic amines) is 1. The minimum atomic E-state index is -0.238. The zero-order valence-corrected chi connectivity index (χ0v) is 16.5. The van der Waals surface area contributed by atoms with Crippen molar-refractivity contribution in [2.24, 2.45) is 11.3 Å². The van der Waals surface area contributed by atoms with Crippen LogP contribution in [-0.4, -0.2) is 42.5 Å². The van der Waals surface area contributed by atoms with E-state index < -0.39 is 0 Å². The first kappa shape index (κ1) is 18.7. The Labute approximate surface area is 149 Å². The van der Waals surface area contributed by atoms with Crippen LogP contribution in [0.2, 0.25) is 0 Å². The first-order chi connectivity index (χ1) is 11.4. The quantitative estimate of drug-likeness (QED) is 0.721. The molecule has 140 valence electrons. The van der Waals surface area contributed by atoms with Crippen LogP contribution in [-0.2, 0) is 9.47 Å². The van der Waals surface area contributed by atoms with Crippen molar-refractivity contribution in [3.63, 3.8) is 0 Å². The molecule has 0 radical (unpaired) electrons. The topological polar surface area (TPSA) is 21.7 Å². The molecule has 2 saturated heterocycles. The molecule has 1 aliphatic carbocycles. The predicted molar refractivity (Wildman–Crippen MR) is 99.1 cm³/mol. The van der Waals surface area contributed by atoms with Crippen molar-refractivity contribution >= 4 is 0 Å². The maximum Gasteiger partial charge on any atom is 0.168 e. The van der Waals surface area contributed by atoms with Gasteiger partial charge in [0.1, 0.15) is 0 Å². The molecule has 2 heterocycles. The second-order valence-electron chi connectivity index (χ2n) is 9.48. The second-order valence-corrected chi connectivity index (χ2v) is 9.48. The molecule has 0 aromatic heterocycles. The van der Waals surface area contributed by atoms with Crippen LogP contribution < -0.4 is 0 Å². The van der Waals surface area contributed by atoms with Gasteiger partial charge in [0, 0.05) is 25.4 Å². The summed E-state index contributed by atoms with van der Waals surface area (Å²) in [5, 5.41) is 0. The summed E-state index contributed by atoms with van der Waals surface area (Å²) in [6.45, 7) is 12.7. The first-order valence-corrected chi connectivity index (χ1v) is 10.5. The molecule has 1 spiro atoms. The van der Waals surface area contributed by atoms with Gasteiger partial charge in [0.2, 0.25) is 0 Å². The van der Waals surface area contributed by atoms with Crippen LogP contribution in [0, 0.1) is 11.3 Å². The SMILES string of the molecule is CCC1CCCCN1CCC1COC2(CCC(C(C)(C)C)CC2)O1. The summed E-state index contributed by atoms with van der Waals surface area (Å²) < 4.78 is 12.7. The highest BCUT2D eigenvalue weighted by Crippen LogP contribution is 2.45. The van der Waals surface area contributed by atoms with Crippen molar-refractivity contribution in [3.8, 4) is 0 Å². The fourth-order valence-corrected chi connectivity index (χ4v) is 5.07. The summed E-state index contributed by atoms with van der Waals surface area (Å²) in [6.07, 6.45) is 11.6. The van der Waals surface area contributed by atoms with Crippen molar-refractivity contribution in [3.05, 3.63) is 0 Å². The van der Waals surface area contributed by atoms with Gasteiger partial charge in [-0.25, -0.2) is 0 Å². The summed E-state index contributed by atoms with van der Waals surface area (Å²) in [7, 11) is 0. The fourth-order valence-electron chi connectivity index (χ4n) is 5.07. The van der Waals surface area contributed by atoms with Crippen molar-refractivity contribution in [2.45, 2.75) is 103 Å². The van der Waals surface area contributed by atoms with Gasteiger partial charge in [-0.3, -0.25) is 0 Å². The molecule has 1 saturated carbocycles. The Bertz CT molecular complexity index is 395. The van der Waals surface area contributed by atoms with Gasteiger partial charge in [0.25, 0.3) is 0 Å². The highest BCUT2D eigenvalue weighted by Gasteiger charge is 2.45. The second kappa shape index (κ2) is 7.63. The molecule has 3 nitrogen and oxygen atoms in total. The Morgan fingerprint density at radius 3 is 2.50 bits per heavy atom. The van der Waals surface area contributed by atoms with Crippen molar-refractivity contribution in [1.29, 1.82) is 0 Å². The van der Waals surface area contributed by atoms with E-state index in [2.05, 4.69) is 32.6 Å². The minimum Gasteiger partial charge on any atom is -0.347 e. The Morgan fingerprint density at radius 1 is 1.08 bits per heavy atom. The largest absolute Gasteiger partial charge is 0.347 e. The number of hydrogen-bond donors (Lipinski definition) is 0. The monoisotopic (exact) mass is 337 g/mol. The van der Waals surface area contributed by atoms with Crippen LogP contribution in [0.1, 0.15) is 85.5 Å². The number of piperidine rings is 1. The standard InChI is InChI=1S/C21H39NO2/c1-5-18-8-6-7-14-22(18)15-11-19-16-23-21(24-19)12-9-17(10-13-21)20(2,3)4/h17-19H,5-16H2,1-4H3. The molecular weight excluding hydrogens is 298 g/mol. The lowest BCUT2D eigenvalue weighted by molar-refractivity contribution is -0.197. The fraction of sp³-hybridized carbons (Fsp3) is 1.00. The number of rotatable bonds is 4. The molecule has 0 aromatic rings. The molecule has 2 unspecified atom stereocenters. The lowest BCUT2D eigenvalue weighted by Crippen LogP contribution is -2.41. The third kappa shape index (κ3) is 4.34. The lowest BCUT2D eigenvalue weighted by atomic mass is 9.71. The Balaban J connectivity index is 1.44. The van der Waals surface area contributed by atoms with Gasteiger partial charge in [-0.15, -0.1) is 0 Å². The van der Waals surface area contributed by atoms with Crippen LogP contribution in [0.15, 0.2) is 0 Å². The van der Waals surface area contributed by atoms with Gasteiger partial charge in [-0.1, -0.05) is 34.1 Å². The van der Waals surface area contributed by atoms with Crippen LogP contribution in [0.25, 0.3) is 0 Å². The molecule has 3 rings (SSSR count). The van der Waals surface area contributed by atoms with Crippen molar-refractivity contribution in [2.75, 3.05) is 19.7 Å². The number of nitrogens with zero attached hydrogens (tertiary/aromatic N) is 1. The molecule has 3 heteroatoms. The summed E-state index contributed by atoms with van der Waals surface area (Å²) in [4.78, 5) is 2.70. The third-order valence-corrected chi connectivity index (χ3v) is 6.84. The maximum atomic E-state index is 6.46. The smallest absolute Gasteiger partial charge is 0.168 e. The van der Waals surface area contributed by atoms with E-state index in [1.165, 1.54) is 51.6 Å². The van der Waals surface area contributed by atoms with E-state index in [4.69, 9.17) is 9.47 Å². The molecule has 0 amide bonds. The molecule has 0 aromatic carbocycles. The molecular formula is C21H39NO2. The lowest BCUT2D eigenvalue weighted by Gasteiger charge is -2.41. The Hall–Kier alpha value is -0.120. The van der Waals surface area contributed by atoms with E-state index in [0.29, 0.717) is 11.5 Å². The van der Waals surface area contributed by atoms with Crippen LogP contribution >= 0.6 is 0 Å². The van der Waals surface area contributed by atoms with Crippen LogP contribution in [0.4, 0.5) is 0 Å². The van der Waals surface area contributed by atoms with E-state index in [1.54, 1.807) is 0 Å². The molecule has 0 N–H and O–H groups in total. The van der Waals surface area contributed by atoms with Gasteiger partial charge in [0.05, 0.1) is 12.7 Å². The normalized spacial score (nSPS) is 38.8. The highest BCUT2D eigenvalue weighted by atomic mass is 16.7. The van der Waals surface area contributed by atoms with Gasteiger partial charge in [0.15, 0.2) is 5.79 Å². The van der Waals surface area contributed by atoms with Gasteiger partial charge in [-0.2, -0.15) is 0 Å². The molecule has 2 aliphatic heterocycles. The van der Waals surface area contributed by atoms with E-state index in [9.17, 15) is 0 Å². The average molecular weight is 338 g/mol. The van der Waals surface area contributed by atoms with Crippen molar-refractivity contribution < 1.29 is 9.47 Å². The molecule has 0 bridgehead atoms. The third-order valence-electron chi connectivity index (χ3n) is 6.84. The molecule has 3 fully saturated rings. The summed E-state index contributed by atoms with van der Waals surface area (Å²) in [6, 6.07) is 0.803. The first-order valence-electron chi connectivity index (χ1n) is 10.5. The number of ether oxygens (including phenoxy) is 2. The summed E-state index contributed by atoms with van der Waals surface area (Å²) >= 11 is 0. The van der Waals surface area contributed by atoms with Crippen LogP contribution in [0.5, 0.6) is 0 Å². The zero-order chi connectivity index (χ0) is 17.2. The zero-order valence-electron chi connectivity index (χ0n) is 16.5. The van der Waals surface area contributed by atoms with Gasteiger partial charge < -0.3 is 14.4 Å². The molecule has 24 heavy (non-hydrogen) atoms. The van der Waals surface area contributed by atoms with Crippen molar-refractivity contribution in [1.82, 2.24) is 4.90 Å². The predicted octanol–water partition coefficient (Wildman–Crippen LogP) is 4.99.